The molecule has 0 amide bonds. The van der Waals surface area contributed by atoms with Crippen molar-refractivity contribution in [1.82, 2.24) is 4.98 Å². The molecule has 1 aliphatic rings. The maximum atomic E-state index is 5.85. The summed E-state index contributed by atoms with van der Waals surface area (Å²) in [6.45, 7) is 2.78. The highest BCUT2D eigenvalue weighted by Gasteiger charge is 2.23. The van der Waals surface area contributed by atoms with E-state index in [1.54, 1.807) is 0 Å². The van der Waals surface area contributed by atoms with Crippen LogP contribution in [0.2, 0.25) is 0 Å². The molecular formula is C13H21N3. The van der Waals surface area contributed by atoms with Crippen molar-refractivity contribution in [3.8, 4) is 0 Å². The molecule has 3 nitrogen and oxygen atoms in total. The average molecular weight is 219 g/mol. The van der Waals surface area contributed by atoms with Crippen molar-refractivity contribution in [2.45, 2.75) is 38.6 Å². The second-order valence-electron chi connectivity index (χ2n) is 4.75. The zero-order chi connectivity index (χ0) is 11.4. The van der Waals surface area contributed by atoms with Gasteiger partial charge in [0.25, 0.3) is 0 Å². The molecule has 0 saturated heterocycles. The normalized spacial score (nSPS) is 18.6. The Balaban J connectivity index is 2.00. The van der Waals surface area contributed by atoms with Crippen LogP contribution in [-0.2, 0) is 0 Å². The maximum Gasteiger partial charge on any atom is 0.126 e. The zero-order valence-corrected chi connectivity index (χ0v) is 9.95. The number of nitrogens with one attached hydrogen (secondary N) is 1. The molecule has 1 aromatic heterocycles. The van der Waals surface area contributed by atoms with Gasteiger partial charge in [0, 0.05) is 18.8 Å². The molecule has 1 aromatic rings. The van der Waals surface area contributed by atoms with E-state index in [4.69, 9.17) is 5.73 Å². The highest BCUT2D eigenvalue weighted by atomic mass is 15.0. The number of nitrogens with zero attached hydrogens (tertiary/aromatic N) is 1. The summed E-state index contributed by atoms with van der Waals surface area (Å²) in [5, 5.41) is 3.48. The molecule has 1 aliphatic carbocycles. The quantitative estimate of drug-likeness (QED) is 0.817. The molecule has 2 rings (SSSR count). The van der Waals surface area contributed by atoms with Crippen molar-refractivity contribution in [2.24, 2.45) is 11.7 Å². The molecule has 0 aliphatic heterocycles. The Morgan fingerprint density at radius 3 is 2.88 bits per heavy atom. The van der Waals surface area contributed by atoms with E-state index in [9.17, 15) is 0 Å². The predicted molar refractivity (Wildman–Crippen MR) is 67.4 cm³/mol. The van der Waals surface area contributed by atoms with Crippen molar-refractivity contribution >= 4 is 5.82 Å². The molecule has 88 valence electrons. The smallest absolute Gasteiger partial charge is 0.126 e. The third-order valence-electron chi connectivity index (χ3n) is 3.47. The predicted octanol–water partition coefficient (Wildman–Crippen LogP) is 2.32. The topological polar surface area (TPSA) is 50.9 Å². The standard InChI is InChI=1S/C13H21N3/c1-10-6-7-15-13(8-10)16-12(9-14)11-4-2-3-5-11/h6-8,11-12H,2-5,9,14H2,1H3,(H,15,16). The van der Waals surface area contributed by atoms with E-state index in [2.05, 4.69) is 23.3 Å². The Kier molecular flexibility index (Phi) is 3.78. The van der Waals surface area contributed by atoms with Crippen LogP contribution in [0.3, 0.4) is 0 Å². The van der Waals surface area contributed by atoms with Crippen LogP contribution in [-0.4, -0.2) is 17.6 Å². The molecule has 0 aromatic carbocycles. The maximum absolute atomic E-state index is 5.85. The number of hydrogen-bond acceptors (Lipinski definition) is 3. The van der Waals surface area contributed by atoms with E-state index in [0.29, 0.717) is 12.6 Å². The lowest BCUT2D eigenvalue weighted by Gasteiger charge is -2.23. The van der Waals surface area contributed by atoms with E-state index in [1.165, 1.54) is 31.2 Å². The van der Waals surface area contributed by atoms with Gasteiger partial charge >= 0.3 is 0 Å². The summed E-state index contributed by atoms with van der Waals surface area (Å²) in [5.74, 6) is 1.69. The molecule has 16 heavy (non-hydrogen) atoms. The molecule has 1 atom stereocenters. The van der Waals surface area contributed by atoms with Gasteiger partial charge in [0.05, 0.1) is 0 Å². The van der Waals surface area contributed by atoms with Crippen molar-refractivity contribution < 1.29 is 0 Å². The summed E-state index contributed by atoms with van der Waals surface area (Å²) < 4.78 is 0. The highest BCUT2D eigenvalue weighted by Crippen LogP contribution is 2.28. The monoisotopic (exact) mass is 219 g/mol. The number of nitrogens with two attached hydrogens (primary N) is 1. The number of hydrogen-bond donors (Lipinski definition) is 2. The SMILES string of the molecule is Cc1ccnc(NC(CN)C2CCCC2)c1. The van der Waals surface area contributed by atoms with Crippen LogP contribution in [0.4, 0.5) is 5.82 Å². The number of rotatable bonds is 4. The van der Waals surface area contributed by atoms with Gasteiger partial charge < -0.3 is 11.1 Å². The lowest BCUT2D eigenvalue weighted by Crippen LogP contribution is -2.35. The molecule has 1 saturated carbocycles. The summed E-state index contributed by atoms with van der Waals surface area (Å²) in [7, 11) is 0. The van der Waals surface area contributed by atoms with Crippen LogP contribution < -0.4 is 11.1 Å². The van der Waals surface area contributed by atoms with Crippen molar-refractivity contribution in [1.29, 1.82) is 0 Å². The van der Waals surface area contributed by atoms with E-state index >= 15 is 0 Å². The van der Waals surface area contributed by atoms with Gasteiger partial charge in [-0.3, -0.25) is 0 Å². The van der Waals surface area contributed by atoms with Crippen molar-refractivity contribution in [2.75, 3.05) is 11.9 Å². The van der Waals surface area contributed by atoms with Gasteiger partial charge in [-0.25, -0.2) is 4.98 Å². The second kappa shape index (κ2) is 5.30. The van der Waals surface area contributed by atoms with Crippen LogP contribution in [0.25, 0.3) is 0 Å². The lowest BCUT2D eigenvalue weighted by atomic mass is 9.98. The van der Waals surface area contributed by atoms with E-state index in [0.717, 1.165) is 11.7 Å². The fourth-order valence-corrected chi connectivity index (χ4v) is 2.53. The first-order valence-electron chi connectivity index (χ1n) is 6.19. The summed E-state index contributed by atoms with van der Waals surface area (Å²) in [6.07, 6.45) is 7.16. The van der Waals surface area contributed by atoms with Crippen LogP contribution in [0, 0.1) is 12.8 Å². The zero-order valence-electron chi connectivity index (χ0n) is 9.95. The molecule has 1 unspecified atom stereocenters. The molecule has 0 radical (unpaired) electrons. The fourth-order valence-electron chi connectivity index (χ4n) is 2.53. The first kappa shape index (κ1) is 11.4. The largest absolute Gasteiger partial charge is 0.366 e. The third kappa shape index (κ3) is 2.73. The minimum Gasteiger partial charge on any atom is -0.366 e. The van der Waals surface area contributed by atoms with Gasteiger partial charge in [0.1, 0.15) is 5.82 Å². The van der Waals surface area contributed by atoms with Gasteiger partial charge in [-0.2, -0.15) is 0 Å². The van der Waals surface area contributed by atoms with Gasteiger partial charge in [-0.1, -0.05) is 12.8 Å². The fraction of sp³-hybridized carbons (Fsp3) is 0.615. The molecule has 0 spiro atoms. The Hall–Kier alpha value is -1.09. The first-order chi connectivity index (χ1) is 7.79. The number of pyridine rings is 1. The van der Waals surface area contributed by atoms with Crippen LogP contribution in [0.15, 0.2) is 18.3 Å². The minimum absolute atomic E-state index is 0.386. The van der Waals surface area contributed by atoms with Crippen molar-refractivity contribution in [3.05, 3.63) is 23.9 Å². The number of aromatic nitrogens is 1. The van der Waals surface area contributed by atoms with Gasteiger partial charge in [-0.05, 0) is 43.4 Å². The summed E-state index contributed by atoms with van der Waals surface area (Å²) in [6, 6.07) is 4.48. The molecular weight excluding hydrogens is 198 g/mol. The van der Waals surface area contributed by atoms with Gasteiger partial charge in [0.15, 0.2) is 0 Å². The average Bonchev–Trinajstić information content (AvgIpc) is 2.79. The lowest BCUT2D eigenvalue weighted by molar-refractivity contribution is 0.461. The van der Waals surface area contributed by atoms with Crippen LogP contribution in [0.5, 0.6) is 0 Å². The van der Waals surface area contributed by atoms with Crippen molar-refractivity contribution in [3.63, 3.8) is 0 Å². The van der Waals surface area contributed by atoms with Gasteiger partial charge in [0.2, 0.25) is 0 Å². The van der Waals surface area contributed by atoms with E-state index < -0.39 is 0 Å². The minimum atomic E-state index is 0.386. The second-order valence-corrected chi connectivity index (χ2v) is 4.75. The molecule has 1 heterocycles. The number of aryl methyl sites for hydroxylation is 1. The summed E-state index contributed by atoms with van der Waals surface area (Å²) in [5.41, 5.74) is 7.08. The summed E-state index contributed by atoms with van der Waals surface area (Å²) in [4.78, 5) is 4.33. The Morgan fingerprint density at radius 1 is 1.50 bits per heavy atom. The first-order valence-corrected chi connectivity index (χ1v) is 6.19. The molecule has 0 bridgehead atoms. The summed E-state index contributed by atoms with van der Waals surface area (Å²) >= 11 is 0. The Bertz CT molecular complexity index is 332. The molecule has 3 N–H and O–H groups in total. The van der Waals surface area contributed by atoms with E-state index in [-0.39, 0.29) is 0 Å². The number of anilines is 1. The highest BCUT2D eigenvalue weighted by molar-refractivity contribution is 5.38. The van der Waals surface area contributed by atoms with Gasteiger partial charge in [-0.15, -0.1) is 0 Å². The van der Waals surface area contributed by atoms with E-state index in [1.807, 2.05) is 12.3 Å². The molecule has 1 fully saturated rings. The molecule has 3 heteroatoms. The van der Waals surface area contributed by atoms with Crippen LogP contribution in [0.1, 0.15) is 31.2 Å². The van der Waals surface area contributed by atoms with Crippen LogP contribution >= 0.6 is 0 Å². The third-order valence-corrected chi connectivity index (χ3v) is 3.47. The Labute approximate surface area is 97.5 Å². The Morgan fingerprint density at radius 2 is 2.25 bits per heavy atom.